The van der Waals surface area contributed by atoms with Gasteiger partial charge in [-0.05, 0) is 25.5 Å². The van der Waals surface area contributed by atoms with Gasteiger partial charge >= 0.3 is 0 Å². The van der Waals surface area contributed by atoms with Crippen LogP contribution in [0.1, 0.15) is 42.7 Å². The minimum atomic E-state index is -0.338. The summed E-state index contributed by atoms with van der Waals surface area (Å²) < 4.78 is 8.01. The van der Waals surface area contributed by atoms with Crippen LogP contribution in [0.2, 0.25) is 0 Å². The molecule has 2 aromatic rings. The largest absolute Gasteiger partial charge is 0.394 e. The summed E-state index contributed by atoms with van der Waals surface area (Å²) in [5, 5.41) is 17.8. The first-order chi connectivity index (χ1) is 15.4. The number of amides is 2. The molecular formula is C22H32N6O4. The summed E-state index contributed by atoms with van der Waals surface area (Å²) in [5.41, 5.74) is 1.38. The fourth-order valence-corrected chi connectivity index (χ4v) is 3.81. The number of fused-ring (bicyclic) bond motifs is 1. The highest BCUT2D eigenvalue weighted by atomic mass is 16.5. The van der Waals surface area contributed by atoms with Crippen LogP contribution in [-0.2, 0) is 22.7 Å². The molecule has 0 saturated carbocycles. The Kier molecular flexibility index (Phi) is 8.29. The number of pyridine rings is 1. The summed E-state index contributed by atoms with van der Waals surface area (Å²) >= 11 is 0. The number of hydrogen-bond donors (Lipinski definition) is 1. The number of ether oxygens (including phenoxy) is 1. The fraction of sp³-hybridized carbons (Fsp3) is 0.591. The maximum Gasteiger partial charge on any atom is 0.253 e. The van der Waals surface area contributed by atoms with Gasteiger partial charge in [-0.3, -0.25) is 14.6 Å². The molecule has 10 nitrogen and oxygen atoms in total. The van der Waals surface area contributed by atoms with Crippen LogP contribution in [0.15, 0.2) is 30.7 Å². The van der Waals surface area contributed by atoms with Gasteiger partial charge in [-0.1, -0.05) is 12.1 Å². The van der Waals surface area contributed by atoms with E-state index >= 15 is 0 Å². The number of carbonyl (C=O) groups excluding carboxylic acids is 2. The van der Waals surface area contributed by atoms with E-state index in [4.69, 9.17) is 4.74 Å². The first kappa shape index (κ1) is 23.8. The zero-order valence-electron chi connectivity index (χ0n) is 18.9. The molecule has 3 atom stereocenters. The smallest absolute Gasteiger partial charge is 0.253 e. The average molecular weight is 445 g/mol. The molecule has 0 saturated heterocycles. The van der Waals surface area contributed by atoms with E-state index in [0.717, 1.165) is 5.69 Å². The predicted octanol–water partition coefficient (Wildman–Crippen LogP) is 0.970. The molecule has 0 radical (unpaired) electrons. The molecular weight excluding hydrogens is 412 g/mol. The zero-order valence-corrected chi connectivity index (χ0v) is 18.9. The maximum atomic E-state index is 12.9. The lowest BCUT2D eigenvalue weighted by Gasteiger charge is -2.35. The van der Waals surface area contributed by atoms with Gasteiger partial charge in [-0.25, -0.2) is 4.68 Å². The van der Waals surface area contributed by atoms with Crippen LogP contribution >= 0.6 is 0 Å². The number of nitrogens with zero attached hydrogens (tertiary/aromatic N) is 6. The Morgan fingerprint density at radius 1 is 1.38 bits per heavy atom. The summed E-state index contributed by atoms with van der Waals surface area (Å²) in [6, 6.07) is 3.06. The molecule has 0 unspecified atom stereocenters. The zero-order chi connectivity index (χ0) is 23.1. The van der Waals surface area contributed by atoms with Gasteiger partial charge in [0.05, 0.1) is 37.3 Å². The van der Waals surface area contributed by atoms with E-state index in [1.165, 1.54) is 0 Å². The third-order valence-corrected chi connectivity index (χ3v) is 5.87. The number of rotatable bonds is 5. The minimum absolute atomic E-state index is 0.0133. The van der Waals surface area contributed by atoms with Crippen molar-refractivity contribution in [3.63, 3.8) is 0 Å². The van der Waals surface area contributed by atoms with E-state index in [2.05, 4.69) is 15.3 Å². The van der Waals surface area contributed by atoms with Crippen molar-refractivity contribution in [1.82, 2.24) is 29.8 Å². The van der Waals surface area contributed by atoms with Crippen molar-refractivity contribution in [3.8, 4) is 0 Å². The second kappa shape index (κ2) is 11.1. The van der Waals surface area contributed by atoms with E-state index in [0.29, 0.717) is 44.6 Å². The van der Waals surface area contributed by atoms with Gasteiger partial charge in [0.2, 0.25) is 5.91 Å². The summed E-state index contributed by atoms with van der Waals surface area (Å²) in [5.74, 6) is -0.220. The van der Waals surface area contributed by atoms with Gasteiger partial charge < -0.3 is 19.6 Å². The molecule has 1 aliphatic rings. The van der Waals surface area contributed by atoms with Gasteiger partial charge in [0, 0.05) is 57.0 Å². The third kappa shape index (κ3) is 5.89. The second-order valence-electron chi connectivity index (χ2n) is 8.38. The lowest BCUT2D eigenvalue weighted by Crippen LogP contribution is -2.48. The Labute approximate surface area is 188 Å². The normalized spacial score (nSPS) is 21.2. The molecule has 174 valence electrons. The summed E-state index contributed by atoms with van der Waals surface area (Å²) in [6.45, 7) is 5.37. The van der Waals surface area contributed by atoms with Crippen LogP contribution in [0.3, 0.4) is 0 Å². The Hall–Kier alpha value is -2.85. The van der Waals surface area contributed by atoms with Crippen molar-refractivity contribution in [2.45, 2.75) is 52.0 Å². The highest BCUT2D eigenvalue weighted by molar-refractivity contribution is 5.93. The third-order valence-electron chi connectivity index (χ3n) is 5.87. The molecule has 0 fully saturated rings. The van der Waals surface area contributed by atoms with Crippen molar-refractivity contribution in [2.24, 2.45) is 5.92 Å². The van der Waals surface area contributed by atoms with E-state index in [9.17, 15) is 14.7 Å². The molecule has 2 aromatic heterocycles. The van der Waals surface area contributed by atoms with Crippen LogP contribution < -0.4 is 0 Å². The highest BCUT2D eigenvalue weighted by Crippen LogP contribution is 2.18. The second-order valence-corrected chi connectivity index (χ2v) is 8.38. The van der Waals surface area contributed by atoms with Crippen LogP contribution in [0.25, 0.3) is 0 Å². The van der Waals surface area contributed by atoms with E-state index in [-0.39, 0.29) is 36.5 Å². The molecule has 32 heavy (non-hydrogen) atoms. The minimum Gasteiger partial charge on any atom is -0.394 e. The fourth-order valence-electron chi connectivity index (χ4n) is 3.81. The molecule has 0 aliphatic carbocycles. The van der Waals surface area contributed by atoms with Crippen LogP contribution in [0, 0.1) is 5.92 Å². The number of carbonyl (C=O) groups is 2. The number of aryl methyl sites for hydroxylation is 1. The molecule has 2 amide bonds. The summed E-state index contributed by atoms with van der Waals surface area (Å²) in [6.07, 6.45) is 5.50. The van der Waals surface area contributed by atoms with Gasteiger partial charge in [0.1, 0.15) is 0 Å². The van der Waals surface area contributed by atoms with Crippen molar-refractivity contribution < 1.29 is 19.4 Å². The Morgan fingerprint density at radius 2 is 2.12 bits per heavy atom. The average Bonchev–Trinajstić information content (AvgIpc) is 3.25. The quantitative estimate of drug-likeness (QED) is 0.731. The number of aliphatic hydroxyl groups is 1. The molecule has 0 spiro atoms. The number of likely N-dealkylation sites (N-methyl/N-ethyl adjacent to an activating group) is 1. The van der Waals surface area contributed by atoms with Crippen molar-refractivity contribution in [3.05, 3.63) is 42.0 Å². The maximum absolute atomic E-state index is 12.9. The standard InChI is InChI=1S/C22H32N6O4/c1-16-12-27(17(2)14-29)21(30)5-4-10-28-19(11-24-25-28)15-32-20(16)13-26(3)22(31)18-6-8-23-9-7-18/h6-9,11,16-17,20,29H,4-5,10,12-15H2,1-3H3/t16-,17+,20+/m0/s1. The van der Waals surface area contributed by atoms with E-state index in [1.807, 2.05) is 13.8 Å². The Balaban J connectivity index is 1.81. The molecule has 1 N–H and O–H groups in total. The molecule has 0 bridgehead atoms. The first-order valence-corrected chi connectivity index (χ1v) is 11.0. The van der Waals surface area contributed by atoms with Gasteiger partial charge in [0.15, 0.2) is 0 Å². The lowest BCUT2D eigenvalue weighted by molar-refractivity contribution is -0.136. The Morgan fingerprint density at radius 3 is 2.84 bits per heavy atom. The monoisotopic (exact) mass is 444 g/mol. The Bertz CT molecular complexity index is 890. The van der Waals surface area contributed by atoms with Gasteiger partial charge in [-0.15, -0.1) is 5.10 Å². The summed E-state index contributed by atoms with van der Waals surface area (Å²) in [4.78, 5) is 33.1. The SMILES string of the molecule is C[C@H](CO)N1C[C@H](C)[C@@H](CN(C)C(=O)c2ccncc2)OCc2cnnn2CCCC1=O. The molecule has 0 aromatic carbocycles. The lowest BCUT2D eigenvalue weighted by atomic mass is 10.0. The van der Waals surface area contributed by atoms with Crippen molar-refractivity contribution >= 4 is 11.8 Å². The van der Waals surface area contributed by atoms with Gasteiger partial charge in [0.25, 0.3) is 5.91 Å². The van der Waals surface area contributed by atoms with Gasteiger partial charge in [-0.2, -0.15) is 0 Å². The van der Waals surface area contributed by atoms with Crippen LogP contribution in [0.4, 0.5) is 0 Å². The van der Waals surface area contributed by atoms with Crippen molar-refractivity contribution in [2.75, 3.05) is 26.7 Å². The number of aromatic nitrogens is 4. The highest BCUT2D eigenvalue weighted by Gasteiger charge is 2.29. The topological polar surface area (TPSA) is 114 Å². The van der Waals surface area contributed by atoms with Crippen LogP contribution in [-0.4, -0.2) is 85.6 Å². The predicted molar refractivity (Wildman–Crippen MR) is 116 cm³/mol. The van der Waals surface area contributed by atoms with Crippen molar-refractivity contribution in [1.29, 1.82) is 0 Å². The van der Waals surface area contributed by atoms with E-state index < -0.39 is 0 Å². The molecule has 1 aliphatic heterocycles. The number of aliphatic hydroxyl groups excluding tert-OH is 1. The number of hydrogen-bond acceptors (Lipinski definition) is 7. The van der Waals surface area contributed by atoms with Crippen LogP contribution in [0.5, 0.6) is 0 Å². The molecule has 3 heterocycles. The molecule has 3 rings (SSSR count). The molecule has 10 heteroatoms. The first-order valence-electron chi connectivity index (χ1n) is 11.0. The summed E-state index contributed by atoms with van der Waals surface area (Å²) in [7, 11) is 1.74. The van der Waals surface area contributed by atoms with E-state index in [1.54, 1.807) is 52.3 Å².